The van der Waals surface area contributed by atoms with E-state index in [1.165, 1.54) is 4.35 Å². The van der Waals surface area contributed by atoms with E-state index in [4.69, 9.17) is 0 Å². The van der Waals surface area contributed by atoms with Crippen LogP contribution >= 0.6 is 0 Å². The van der Waals surface area contributed by atoms with E-state index in [0.717, 1.165) is 0 Å². The minimum absolute atomic E-state index is 1.32. The first-order valence-electron chi connectivity index (χ1n) is 2.16. The van der Waals surface area contributed by atoms with Crippen molar-refractivity contribution in [3.05, 3.63) is 30.3 Å². The van der Waals surface area contributed by atoms with Crippen LogP contribution in [0.15, 0.2) is 30.3 Å². The zero-order chi connectivity index (χ0) is 5.11. The van der Waals surface area contributed by atoms with Crippen molar-refractivity contribution in [1.82, 2.24) is 0 Å². The molecular formula is C6H6As. The van der Waals surface area contributed by atoms with Gasteiger partial charge in [-0.05, 0) is 0 Å². The molecule has 0 aromatic heterocycles. The second-order valence-electron chi connectivity index (χ2n) is 1.37. The average Bonchev–Trinajstić information content (AvgIpc) is 1.69. The number of benzene rings is 1. The molecule has 0 nitrogen and oxygen atoms in total. The van der Waals surface area contributed by atoms with Crippen LogP contribution in [-0.2, 0) is 0 Å². The molecule has 0 aliphatic heterocycles. The van der Waals surface area contributed by atoms with E-state index >= 15 is 0 Å². The van der Waals surface area contributed by atoms with Crippen molar-refractivity contribution in [3.63, 3.8) is 0 Å². The van der Waals surface area contributed by atoms with E-state index in [-0.39, 0.29) is 0 Å². The fraction of sp³-hybridized carbons (Fsp3) is 0. The van der Waals surface area contributed by atoms with Crippen LogP contribution in [0.2, 0.25) is 0 Å². The Hall–Kier alpha value is -0.222. The number of hydrogen-bond donors (Lipinski definition) is 0. The quantitative estimate of drug-likeness (QED) is 0.467. The van der Waals surface area contributed by atoms with E-state index in [0.29, 0.717) is 0 Å². The molecule has 7 heavy (non-hydrogen) atoms. The van der Waals surface area contributed by atoms with Crippen LogP contribution in [0, 0.1) is 0 Å². The molecule has 0 amide bonds. The topological polar surface area (TPSA) is 0 Å². The maximum absolute atomic E-state index is 2.08. The molecule has 1 heteroatoms. The molecule has 1 aromatic rings. The molecule has 0 unspecified atom stereocenters. The molecule has 1 rings (SSSR count). The van der Waals surface area contributed by atoms with Gasteiger partial charge in [-0.25, -0.2) is 0 Å². The Balaban J connectivity index is 3.02. The first-order chi connectivity index (χ1) is 3.39. The summed E-state index contributed by atoms with van der Waals surface area (Å²) < 4.78 is 1.32. The molecule has 0 heterocycles. The Bertz CT molecular complexity index is 134. The molecule has 0 N–H and O–H groups in total. The van der Waals surface area contributed by atoms with Crippen molar-refractivity contribution in [3.8, 4) is 0 Å². The van der Waals surface area contributed by atoms with Gasteiger partial charge in [0.2, 0.25) is 0 Å². The van der Waals surface area contributed by atoms with Gasteiger partial charge < -0.3 is 0 Å². The third-order valence-corrected chi connectivity index (χ3v) is 1.47. The molecule has 0 spiro atoms. The Kier molecular flexibility index (Phi) is 1.53. The van der Waals surface area contributed by atoms with Crippen LogP contribution in [0.1, 0.15) is 0 Å². The van der Waals surface area contributed by atoms with Gasteiger partial charge in [-0.2, -0.15) is 0 Å². The van der Waals surface area contributed by atoms with Crippen molar-refractivity contribution in [2.45, 2.75) is 0 Å². The second-order valence-corrected chi connectivity index (χ2v) is 2.58. The summed E-state index contributed by atoms with van der Waals surface area (Å²) in [5.74, 6) is 0. The molecule has 0 aliphatic carbocycles. The summed E-state index contributed by atoms with van der Waals surface area (Å²) >= 11 is 2.08. The number of rotatable bonds is 0. The first-order valence-corrected chi connectivity index (χ1v) is 3.21. The van der Waals surface area contributed by atoms with Crippen LogP contribution in [0.25, 0.3) is 0 Å². The van der Waals surface area contributed by atoms with Gasteiger partial charge in [-0.3, -0.25) is 0 Å². The predicted octanol–water partition coefficient (Wildman–Crippen LogP) is 0.213. The van der Waals surface area contributed by atoms with Crippen LogP contribution < -0.4 is 4.35 Å². The first kappa shape index (κ1) is 4.93. The third kappa shape index (κ3) is 1.36. The SMILES string of the molecule is [AsH]c1ccccc1. The van der Waals surface area contributed by atoms with Gasteiger partial charge in [-0.1, -0.05) is 0 Å². The molecule has 0 aliphatic rings. The third-order valence-electron chi connectivity index (χ3n) is 0.774. The Morgan fingerprint density at radius 3 is 1.86 bits per heavy atom. The molecule has 0 bridgehead atoms. The molecule has 35 valence electrons. The number of hydrogen-bond acceptors (Lipinski definition) is 0. The normalized spacial score (nSPS) is 8.71. The Labute approximate surface area is 52.1 Å². The van der Waals surface area contributed by atoms with Gasteiger partial charge in [0.15, 0.2) is 0 Å². The van der Waals surface area contributed by atoms with E-state index in [1.54, 1.807) is 0 Å². The van der Waals surface area contributed by atoms with Gasteiger partial charge in [-0.15, -0.1) is 0 Å². The van der Waals surface area contributed by atoms with Crippen LogP contribution in [0.3, 0.4) is 0 Å². The molecule has 1 radical (unpaired) electrons. The summed E-state index contributed by atoms with van der Waals surface area (Å²) in [5.41, 5.74) is 0. The van der Waals surface area contributed by atoms with E-state index < -0.39 is 0 Å². The van der Waals surface area contributed by atoms with Gasteiger partial charge >= 0.3 is 51.5 Å². The summed E-state index contributed by atoms with van der Waals surface area (Å²) in [6, 6.07) is 10.3. The predicted molar refractivity (Wildman–Crippen MR) is 33.2 cm³/mol. The maximum atomic E-state index is 2.08. The van der Waals surface area contributed by atoms with Crippen molar-refractivity contribution < 1.29 is 0 Å². The molecule has 0 saturated carbocycles. The van der Waals surface area contributed by atoms with Crippen molar-refractivity contribution in [1.29, 1.82) is 0 Å². The monoisotopic (exact) mass is 153 g/mol. The Morgan fingerprint density at radius 2 is 1.57 bits per heavy atom. The summed E-state index contributed by atoms with van der Waals surface area (Å²) in [5, 5.41) is 0. The van der Waals surface area contributed by atoms with Gasteiger partial charge in [0.1, 0.15) is 0 Å². The molecular weight excluding hydrogens is 147 g/mol. The van der Waals surface area contributed by atoms with Crippen LogP contribution in [-0.4, -0.2) is 16.9 Å². The van der Waals surface area contributed by atoms with Crippen LogP contribution in [0.5, 0.6) is 0 Å². The van der Waals surface area contributed by atoms with E-state index in [1.807, 2.05) is 18.2 Å². The van der Waals surface area contributed by atoms with Crippen molar-refractivity contribution in [2.24, 2.45) is 0 Å². The summed E-state index contributed by atoms with van der Waals surface area (Å²) in [7, 11) is 0. The van der Waals surface area contributed by atoms with Gasteiger partial charge in [0.25, 0.3) is 0 Å². The van der Waals surface area contributed by atoms with E-state index in [2.05, 4.69) is 29.0 Å². The van der Waals surface area contributed by atoms with Gasteiger partial charge in [0, 0.05) is 0 Å². The van der Waals surface area contributed by atoms with Crippen LogP contribution in [0.4, 0.5) is 0 Å². The second kappa shape index (κ2) is 2.18. The fourth-order valence-corrected chi connectivity index (χ4v) is 0.842. The fourth-order valence-electron chi connectivity index (χ4n) is 0.438. The summed E-state index contributed by atoms with van der Waals surface area (Å²) in [6.45, 7) is 0. The molecule has 0 atom stereocenters. The Morgan fingerprint density at radius 1 is 1.00 bits per heavy atom. The molecule has 0 saturated heterocycles. The zero-order valence-electron chi connectivity index (χ0n) is 3.89. The van der Waals surface area contributed by atoms with Crippen molar-refractivity contribution >= 4 is 21.2 Å². The van der Waals surface area contributed by atoms with E-state index in [9.17, 15) is 0 Å². The zero-order valence-corrected chi connectivity index (χ0v) is 5.98. The molecule has 1 aromatic carbocycles. The van der Waals surface area contributed by atoms with Gasteiger partial charge in [0.05, 0.1) is 0 Å². The minimum atomic E-state index is 1.32. The average molecular weight is 153 g/mol. The van der Waals surface area contributed by atoms with Crippen molar-refractivity contribution in [2.75, 3.05) is 0 Å². The molecule has 0 fully saturated rings. The summed E-state index contributed by atoms with van der Waals surface area (Å²) in [4.78, 5) is 0. The standard InChI is InChI=1S/C6H6As/c7-6-4-2-1-3-5-6/h1-5,7H. The summed E-state index contributed by atoms with van der Waals surface area (Å²) in [6.07, 6.45) is 0.